The molecule has 0 aliphatic rings. The van der Waals surface area contributed by atoms with Gasteiger partial charge in [-0.2, -0.15) is 0 Å². The lowest BCUT2D eigenvalue weighted by atomic mass is 10.1. The first-order chi connectivity index (χ1) is 11.1. The second-order valence-corrected chi connectivity index (χ2v) is 7.08. The summed E-state index contributed by atoms with van der Waals surface area (Å²) in [6.45, 7) is 2.05. The second-order valence-electron chi connectivity index (χ2n) is 5.03. The van der Waals surface area contributed by atoms with Gasteiger partial charge in [-0.3, -0.25) is 4.79 Å². The van der Waals surface area contributed by atoms with Crippen LogP contribution in [-0.4, -0.2) is 21.8 Å². The minimum atomic E-state index is -0.827. The van der Waals surface area contributed by atoms with Gasteiger partial charge in [-0.25, -0.2) is 4.98 Å². The fourth-order valence-electron chi connectivity index (χ4n) is 2.17. The molecule has 3 rings (SSSR count). The molecule has 0 unspecified atom stereocenters. The molecule has 1 aromatic heterocycles. The predicted molar refractivity (Wildman–Crippen MR) is 98.8 cm³/mol. The maximum Gasteiger partial charge on any atom is 0.313 e. The Labute approximate surface area is 142 Å². The van der Waals surface area contributed by atoms with E-state index in [1.54, 1.807) is 11.3 Å². The topological polar surface area (TPSA) is 50.2 Å². The molecule has 0 aliphatic carbocycles. The van der Waals surface area contributed by atoms with E-state index in [9.17, 15) is 4.79 Å². The number of fused-ring (bicyclic) bond motifs is 1. The van der Waals surface area contributed by atoms with Crippen LogP contribution in [-0.2, 0) is 4.79 Å². The minimum absolute atomic E-state index is 0.0215. The maximum absolute atomic E-state index is 11.0. The van der Waals surface area contributed by atoms with Crippen molar-refractivity contribution in [1.29, 1.82) is 0 Å². The molecule has 116 valence electrons. The molecule has 1 N–H and O–H groups in total. The molecule has 5 heteroatoms. The van der Waals surface area contributed by atoms with Gasteiger partial charge in [0.15, 0.2) is 0 Å². The van der Waals surface area contributed by atoms with E-state index in [2.05, 4.69) is 4.98 Å². The first-order valence-corrected chi connectivity index (χ1v) is 8.91. The zero-order valence-corrected chi connectivity index (χ0v) is 14.2. The summed E-state index contributed by atoms with van der Waals surface area (Å²) in [4.78, 5) is 16.5. The Bertz CT molecular complexity index is 850. The third-order valence-corrected chi connectivity index (χ3v) is 5.54. The highest BCUT2D eigenvalue weighted by molar-refractivity contribution is 8.09. The average molecular weight is 341 g/mol. The van der Waals surface area contributed by atoms with Crippen LogP contribution >= 0.6 is 23.1 Å². The van der Waals surface area contributed by atoms with Gasteiger partial charge in [0.1, 0.15) is 5.01 Å². The van der Waals surface area contributed by atoms with E-state index in [1.807, 2.05) is 61.5 Å². The normalized spacial score (nSPS) is 11.8. The lowest BCUT2D eigenvalue weighted by Gasteiger charge is -2.05. The highest BCUT2D eigenvalue weighted by Crippen LogP contribution is 2.35. The van der Waals surface area contributed by atoms with E-state index in [0.717, 1.165) is 31.3 Å². The third kappa shape index (κ3) is 3.81. The number of hydrogen-bond acceptors (Lipinski definition) is 4. The number of benzene rings is 2. The van der Waals surface area contributed by atoms with Gasteiger partial charge in [-0.05, 0) is 36.3 Å². The van der Waals surface area contributed by atoms with Crippen molar-refractivity contribution in [2.24, 2.45) is 0 Å². The maximum atomic E-state index is 11.0. The zero-order chi connectivity index (χ0) is 16.2. The van der Waals surface area contributed by atoms with E-state index in [-0.39, 0.29) is 5.75 Å². The van der Waals surface area contributed by atoms with Crippen LogP contribution in [0.5, 0.6) is 0 Å². The van der Waals surface area contributed by atoms with Gasteiger partial charge in [0.25, 0.3) is 0 Å². The van der Waals surface area contributed by atoms with Gasteiger partial charge >= 0.3 is 5.97 Å². The molecule has 0 bridgehead atoms. The predicted octanol–water partition coefficient (Wildman–Crippen LogP) is 4.92. The Morgan fingerprint density at radius 3 is 2.70 bits per heavy atom. The van der Waals surface area contributed by atoms with Gasteiger partial charge in [-0.1, -0.05) is 36.4 Å². The molecule has 0 atom stereocenters. The number of carboxylic acids is 1. The van der Waals surface area contributed by atoms with E-state index in [4.69, 9.17) is 5.11 Å². The number of thiazole rings is 1. The standard InChI is InChI=1S/C18H15NO2S2/c1-12-6-2-3-7-13(12)10-16(22-11-17(20)21)18-19-14-8-4-5-9-15(14)23-18/h2-10H,11H2,1H3,(H,20,21)/b16-10-. The molecular weight excluding hydrogens is 326 g/mol. The Hall–Kier alpha value is -2.11. The summed E-state index contributed by atoms with van der Waals surface area (Å²) in [5, 5.41) is 9.87. The van der Waals surface area contributed by atoms with Gasteiger partial charge in [-0.15, -0.1) is 23.1 Å². The summed E-state index contributed by atoms with van der Waals surface area (Å²) in [5.41, 5.74) is 3.18. The fraction of sp³-hybridized carbons (Fsp3) is 0.111. The van der Waals surface area contributed by atoms with Gasteiger partial charge < -0.3 is 5.11 Å². The largest absolute Gasteiger partial charge is 0.481 e. The van der Waals surface area contributed by atoms with Crippen LogP contribution in [0.2, 0.25) is 0 Å². The number of aromatic nitrogens is 1. The van der Waals surface area contributed by atoms with Crippen molar-refractivity contribution in [3.63, 3.8) is 0 Å². The number of aryl methyl sites for hydroxylation is 1. The summed E-state index contributed by atoms with van der Waals surface area (Å²) in [6, 6.07) is 16.0. The summed E-state index contributed by atoms with van der Waals surface area (Å²) >= 11 is 2.90. The van der Waals surface area contributed by atoms with Crippen LogP contribution < -0.4 is 0 Å². The zero-order valence-electron chi connectivity index (χ0n) is 12.5. The van der Waals surface area contributed by atoms with Gasteiger partial charge in [0.05, 0.1) is 16.0 Å². The highest BCUT2D eigenvalue weighted by Gasteiger charge is 2.12. The number of thioether (sulfide) groups is 1. The van der Waals surface area contributed by atoms with Crippen molar-refractivity contribution >= 4 is 50.3 Å². The van der Waals surface area contributed by atoms with E-state index >= 15 is 0 Å². The van der Waals surface area contributed by atoms with Crippen molar-refractivity contribution in [3.8, 4) is 0 Å². The SMILES string of the molecule is Cc1ccccc1/C=C(\SCC(=O)O)c1nc2ccccc2s1. The average Bonchev–Trinajstić information content (AvgIpc) is 2.96. The van der Waals surface area contributed by atoms with Crippen LogP contribution in [0.4, 0.5) is 0 Å². The van der Waals surface area contributed by atoms with Crippen molar-refractivity contribution in [1.82, 2.24) is 4.98 Å². The Balaban J connectivity index is 2.04. The first kappa shape index (κ1) is 15.8. The summed E-state index contributed by atoms with van der Waals surface area (Å²) < 4.78 is 1.11. The highest BCUT2D eigenvalue weighted by atomic mass is 32.2. The van der Waals surface area contributed by atoms with Crippen molar-refractivity contribution in [2.45, 2.75) is 6.92 Å². The number of para-hydroxylation sites is 1. The molecular formula is C18H15NO2S2. The van der Waals surface area contributed by atoms with Crippen molar-refractivity contribution in [3.05, 3.63) is 64.7 Å². The van der Waals surface area contributed by atoms with E-state index in [0.29, 0.717) is 0 Å². The van der Waals surface area contributed by atoms with Crippen molar-refractivity contribution in [2.75, 3.05) is 5.75 Å². The number of rotatable bonds is 5. The number of aliphatic carboxylic acids is 1. The molecule has 3 nitrogen and oxygen atoms in total. The second kappa shape index (κ2) is 6.98. The summed E-state index contributed by atoms with van der Waals surface area (Å²) in [5.74, 6) is -0.806. The molecule has 0 spiro atoms. The number of hydrogen-bond donors (Lipinski definition) is 1. The van der Waals surface area contributed by atoms with Crippen LogP contribution in [0.3, 0.4) is 0 Å². The van der Waals surface area contributed by atoms with Crippen molar-refractivity contribution < 1.29 is 9.90 Å². The Morgan fingerprint density at radius 2 is 1.96 bits per heavy atom. The lowest BCUT2D eigenvalue weighted by molar-refractivity contribution is -0.133. The third-order valence-electron chi connectivity index (χ3n) is 3.33. The molecule has 0 saturated carbocycles. The molecule has 2 aromatic carbocycles. The van der Waals surface area contributed by atoms with Crippen LogP contribution in [0.15, 0.2) is 48.5 Å². The summed E-state index contributed by atoms with van der Waals surface area (Å²) in [6.07, 6.45) is 2.03. The van der Waals surface area contributed by atoms with Gasteiger partial charge in [0.2, 0.25) is 0 Å². The molecule has 0 aliphatic heterocycles. The molecule has 0 amide bonds. The summed E-state index contributed by atoms with van der Waals surface area (Å²) in [7, 11) is 0. The van der Waals surface area contributed by atoms with E-state index in [1.165, 1.54) is 11.8 Å². The molecule has 23 heavy (non-hydrogen) atoms. The van der Waals surface area contributed by atoms with Gasteiger partial charge in [0, 0.05) is 4.91 Å². The Kier molecular flexibility index (Phi) is 4.79. The molecule has 1 heterocycles. The van der Waals surface area contributed by atoms with Crippen LogP contribution in [0, 0.1) is 6.92 Å². The van der Waals surface area contributed by atoms with Crippen LogP contribution in [0.25, 0.3) is 21.2 Å². The monoisotopic (exact) mass is 341 g/mol. The first-order valence-electron chi connectivity index (χ1n) is 7.11. The molecule has 0 saturated heterocycles. The molecule has 3 aromatic rings. The minimum Gasteiger partial charge on any atom is -0.481 e. The molecule has 0 fully saturated rings. The molecule has 0 radical (unpaired) electrons. The number of nitrogens with zero attached hydrogens (tertiary/aromatic N) is 1. The number of carboxylic acid groups (broad SMARTS) is 1. The quantitative estimate of drug-likeness (QED) is 0.715. The van der Waals surface area contributed by atoms with Crippen LogP contribution in [0.1, 0.15) is 16.1 Å². The number of carbonyl (C=O) groups is 1. The smallest absolute Gasteiger partial charge is 0.313 e. The lowest BCUT2D eigenvalue weighted by Crippen LogP contribution is -1.98. The van der Waals surface area contributed by atoms with E-state index < -0.39 is 5.97 Å². The fourth-order valence-corrected chi connectivity index (χ4v) is 4.01. The Morgan fingerprint density at radius 1 is 1.22 bits per heavy atom.